The SMILES string of the molecule is CCN(CCNC(=O)c1cn(C2CCNCC2)nn1)c1ccccc1C.Cl.Cl. The van der Waals surface area contributed by atoms with Crippen molar-refractivity contribution in [2.24, 2.45) is 0 Å². The van der Waals surface area contributed by atoms with Crippen molar-refractivity contribution in [3.63, 3.8) is 0 Å². The summed E-state index contributed by atoms with van der Waals surface area (Å²) in [6.45, 7) is 8.42. The minimum Gasteiger partial charge on any atom is -0.370 e. The molecule has 3 rings (SSSR count). The van der Waals surface area contributed by atoms with Crippen LogP contribution >= 0.6 is 24.8 Å². The first-order valence-electron chi connectivity index (χ1n) is 9.40. The van der Waals surface area contributed by atoms with Crippen LogP contribution in [0.4, 0.5) is 5.69 Å². The van der Waals surface area contributed by atoms with Crippen LogP contribution in [0.5, 0.6) is 0 Å². The van der Waals surface area contributed by atoms with E-state index in [-0.39, 0.29) is 30.7 Å². The number of likely N-dealkylation sites (N-methyl/N-ethyl adjacent to an activating group) is 1. The Morgan fingerprint density at radius 1 is 1.29 bits per heavy atom. The Balaban J connectivity index is 0.00000196. The van der Waals surface area contributed by atoms with Gasteiger partial charge < -0.3 is 15.5 Å². The smallest absolute Gasteiger partial charge is 0.273 e. The molecule has 1 amide bonds. The molecule has 156 valence electrons. The average molecular weight is 429 g/mol. The summed E-state index contributed by atoms with van der Waals surface area (Å²) in [5, 5.41) is 14.5. The molecular formula is C19H30Cl2N6O. The number of hydrogen-bond donors (Lipinski definition) is 2. The molecule has 1 aliphatic rings. The second-order valence-corrected chi connectivity index (χ2v) is 6.69. The van der Waals surface area contributed by atoms with Gasteiger partial charge in [0.2, 0.25) is 0 Å². The van der Waals surface area contributed by atoms with Crippen LogP contribution in [0.15, 0.2) is 30.5 Å². The Kier molecular flexibility index (Phi) is 10.3. The highest BCUT2D eigenvalue weighted by atomic mass is 35.5. The van der Waals surface area contributed by atoms with Gasteiger partial charge in [-0.15, -0.1) is 29.9 Å². The maximum atomic E-state index is 12.4. The van der Waals surface area contributed by atoms with E-state index in [1.165, 1.54) is 11.3 Å². The number of para-hydroxylation sites is 1. The normalized spacial score (nSPS) is 13.9. The van der Waals surface area contributed by atoms with E-state index >= 15 is 0 Å². The van der Waals surface area contributed by atoms with Gasteiger partial charge in [-0.3, -0.25) is 4.79 Å². The summed E-state index contributed by atoms with van der Waals surface area (Å²) in [5.41, 5.74) is 2.84. The van der Waals surface area contributed by atoms with E-state index in [0.29, 0.717) is 18.3 Å². The highest BCUT2D eigenvalue weighted by Gasteiger charge is 2.18. The Bertz CT molecular complexity index is 733. The van der Waals surface area contributed by atoms with E-state index < -0.39 is 0 Å². The summed E-state index contributed by atoms with van der Waals surface area (Å²) >= 11 is 0. The van der Waals surface area contributed by atoms with Crippen LogP contribution in [0, 0.1) is 6.92 Å². The zero-order valence-corrected chi connectivity index (χ0v) is 18.1. The third-order valence-corrected chi connectivity index (χ3v) is 4.93. The van der Waals surface area contributed by atoms with Crippen LogP contribution in [0.3, 0.4) is 0 Å². The Labute approximate surface area is 179 Å². The Hall–Kier alpha value is -1.83. The molecule has 9 heteroatoms. The van der Waals surface area contributed by atoms with Crippen molar-refractivity contribution in [1.82, 2.24) is 25.6 Å². The Morgan fingerprint density at radius 2 is 2.00 bits per heavy atom. The molecular weight excluding hydrogens is 399 g/mol. The van der Waals surface area contributed by atoms with Gasteiger partial charge in [0, 0.05) is 25.3 Å². The van der Waals surface area contributed by atoms with Crippen molar-refractivity contribution < 1.29 is 4.79 Å². The number of nitrogens with one attached hydrogen (secondary N) is 2. The monoisotopic (exact) mass is 428 g/mol. The molecule has 7 nitrogen and oxygen atoms in total. The fourth-order valence-corrected chi connectivity index (χ4v) is 3.39. The lowest BCUT2D eigenvalue weighted by Gasteiger charge is -2.25. The van der Waals surface area contributed by atoms with Crippen molar-refractivity contribution >= 4 is 36.4 Å². The van der Waals surface area contributed by atoms with Crippen LogP contribution in [0.1, 0.15) is 41.9 Å². The highest BCUT2D eigenvalue weighted by Crippen LogP contribution is 2.19. The summed E-state index contributed by atoms with van der Waals surface area (Å²) in [4.78, 5) is 14.6. The van der Waals surface area contributed by atoms with Crippen LogP contribution in [-0.4, -0.2) is 53.6 Å². The number of halogens is 2. The summed E-state index contributed by atoms with van der Waals surface area (Å²) in [5.74, 6) is -0.161. The van der Waals surface area contributed by atoms with E-state index in [2.05, 4.69) is 51.8 Å². The van der Waals surface area contributed by atoms with Gasteiger partial charge in [0.05, 0.1) is 12.2 Å². The molecule has 0 bridgehead atoms. The molecule has 0 atom stereocenters. The lowest BCUT2D eigenvalue weighted by molar-refractivity contribution is 0.0949. The lowest BCUT2D eigenvalue weighted by atomic mass is 10.1. The first-order chi connectivity index (χ1) is 12.7. The van der Waals surface area contributed by atoms with Crippen molar-refractivity contribution in [3.8, 4) is 0 Å². The van der Waals surface area contributed by atoms with Gasteiger partial charge in [0.15, 0.2) is 5.69 Å². The van der Waals surface area contributed by atoms with E-state index in [9.17, 15) is 4.79 Å². The number of anilines is 1. The molecule has 1 aromatic carbocycles. The molecule has 2 aromatic rings. The fourth-order valence-electron chi connectivity index (χ4n) is 3.39. The zero-order valence-electron chi connectivity index (χ0n) is 16.4. The number of aryl methyl sites for hydroxylation is 1. The largest absolute Gasteiger partial charge is 0.370 e. The van der Waals surface area contributed by atoms with Crippen molar-refractivity contribution in [2.45, 2.75) is 32.7 Å². The molecule has 2 N–H and O–H groups in total. The van der Waals surface area contributed by atoms with E-state index in [1.54, 1.807) is 6.20 Å². The van der Waals surface area contributed by atoms with E-state index in [4.69, 9.17) is 0 Å². The molecule has 1 fully saturated rings. The minimum atomic E-state index is -0.161. The second-order valence-electron chi connectivity index (χ2n) is 6.69. The quantitative estimate of drug-likeness (QED) is 0.708. The van der Waals surface area contributed by atoms with Gasteiger partial charge in [0.1, 0.15) is 0 Å². The van der Waals surface area contributed by atoms with Gasteiger partial charge in [-0.05, 0) is 51.4 Å². The number of hydrogen-bond acceptors (Lipinski definition) is 5. The molecule has 0 unspecified atom stereocenters. The molecule has 2 heterocycles. The summed E-state index contributed by atoms with van der Waals surface area (Å²) < 4.78 is 1.83. The highest BCUT2D eigenvalue weighted by molar-refractivity contribution is 5.91. The van der Waals surface area contributed by atoms with Gasteiger partial charge >= 0.3 is 0 Å². The average Bonchev–Trinajstić information content (AvgIpc) is 3.17. The number of amides is 1. The summed E-state index contributed by atoms with van der Waals surface area (Å²) in [7, 11) is 0. The number of benzene rings is 1. The predicted octanol–water partition coefficient (Wildman–Crippen LogP) is 2.61. The second kappa shape index (κ2) is 11.9. The molecule has 1 aliphatic heterocycles. The molecule has 0 radical (unpaired) electrons. The number of rotatable bonds is 7. The van der Waals surface area contributed by atoms with Crippen molar-refractivity contribution in [2.75, 3.05) is 37.6 Å². The number of carbonyl (C=O) groups excluding carboxylic acids is 1. The van der Waals surface area contributed by atoms with Gasteiger partial charge in [-0.2, -0.15) is 0 Å². The lowest BCUT2D eigenvalue weighted by Crippen LogP contribution is -2.35. The number of aromatic nitrogens is 3. The maximum absolute atomic E-state index is 12.4. The first kappa shape index (κ1) is 24.2. The first-order valence-corrected chi connectivity index (χ1v) is 9.40. The van der Waals surface area contributed by atoms with Crippen LogP contribution in [-0.2, 0) is 0 Å². The summed E-state index contributed by atoms with van der Waals surface area (Å²) in [6.07, 6.45) is 3.81. The predicted molar refractivity (Wildman–Crippen MR) is 117 cm³/mol. The Morgan fingerprint density at radius 3 is 2.68 bits per heavy atom. The fraction of sp³-hybridized carbons (Fsp3) is 0.526. The van der Waals surface area contributed by atoms with Crippen LogP contribution in [0.2, 0.25) is 0 Å². The van der Waals surface area contributed by atoms with Crippen LogP contribution < -0.4 is 15.5 Å². The number of nitrogens with zero attached hydrogens (tertiary/aromatic N) is 4. The van der Waals surface area contributed by atoms with Crippen LogP contribution in [0.25, 0.3) is 0 Å². The molecule has 0 aliphatic carbocycles. The standard InChI is InChI=1S/C19H28N6O.2ClH/c1-3-24(18-7-5-4-6-15(18)2)13-12-21-19(26)17-14-25(23-22-17)16-8-10-20-11-9-16;;/h4-7,14,16,20H,3,8-13H2,1-2H3,(H,21,26);2*1H. The summed E-state index contributed by atoms with van der Waals surface area (Å²) in [6, 6.07) is 8.64. The number of carbonyl (C=O) groups is 1. The van der Waals surface area contributed by atoms with E-state index in [1.807, 2.05) is 16.8 Å². The molecule has 0 spiro atoms. The van der Waals surface area contributed by atoms with Crippen molar-refractivity contribution in [1.29, 1.82) is 0 Å². The van der Waals surface area contributed by atoms with Gasteiger partial charge in [0.25, 0.3) is 5.91 Å². The topological polar surface area (TPSA) is 75.1 Å². The third kappa shape index (κ3) is 6.09. The molecule has 1 saturated heterocycles. The van der Waals surface area contributed by atoms with Crippen molar-refractivity contribution in [3.05, 3.63) is 41.7 Å². The van der Waals surface area contributed by atoms with Gasteiger partial charge in [-0.1, -0.05) is 23.4 Å². The van der Waals surface area contributed by atoms with Gasteiger partial charge in [-0.25, -0.2) is 4.68 Å². The van der Waals surface area contributed by atoms with E-state index in [0.717, 1.165) is 39.0 Å². The number of piperidine rings is 1. The molecule has 0 saturated carbocycles. The maximum Gasteiger partial charge on any atom is 0.273 e. The molecule has 1 aromatic heterocycles. The minimum absolute atomic E-state index is 0. The zero-order chi connectivity index (χ0) is 18.4. The third-order valence-electron chi connectivity index (χ3n) is 4.93. The molecule has 28 heavy (non-hydrogen) atoms.